The van der Waals surface area contributed by atoms with Crippen molar-refractivity contribution in [2.75, 3.05) is 26.1 Å². The fourth-order valence-electron chi connectivity index (χ4n) is 4.15. The van der Waals surface area contributed by atoms with Crippen molar-refractivity contribution >= 4 is 40.6 Å². The lowest BCUT2D eigenvalue weighted by atomic mass is 10.1. The highest BCUT2D eigenvalue weighted by molar-refractivity contribution is 7.07. The van der Waals surface area contributed by atoms with Gasteiger partial charge in [0.2, 0.25) is 0 Å². The number of halogens is 4. The van der Waals surface area contributed by atoms with E-state index in [2.05, 4.69) is 20.4 Å². The lowest BCUT2D eigenvalue weighted by Crippen LogP contribution is -2.30. The number of ether oxygens (including phenoxy) is 3. The van der Waals surface area contributed by atoms with Gasteiger partial charge in [0.25, 0.3) is 5.91 Å². The lowest BCUT2D eigenvalue weighted by molar-refractivity contribution is -0.274. The number of hydrogen-bond acceptors (Lipinski definition) is 6. The van der Waals surface area contributed by atoms with Gasteiger partial charge in [-0.2, -0.15) is 4.99 Å². The van der Waals surface area contributed by atoms with Crippen LogP contribution in [0.4, 0.5) is 23.7 Å². The number of benzene rings is 3. The van der Waals surface area contributed by atoms with Crippen molar-refractivity contribution in [1.82, 2.24) is 9.88 Å². The van der Waals surface area contributed by atoms with Crippen molar-refractivity contribution in [3.05, 3.63) is 87.0 Å². The minimum atomic E-state index is -4.82. The van der Waals surface area contributed by atoms with Crippen molar-refractivity contribution in [3.63, 3.8) is 0 Å². The summed E-state index contributed by atoms with van der Waals surface area (Å²) in [7, 11) is 2.92. The summed E-state index contributed by atoms with van der Waals surface area (Å²) in [6.45, 7) is 2.43. The molecule has 0 atom stereocenters. The number of carbonyl (C=O) groups excluding carboxylic acids is 2. The number of carbonyl (C=O) groups is 2. The molecule has 44 heavy (non-hydrogen) atoms. The molecule has 1 aromatic heterocycles. The van der Waals surface area contributed by atoms with Gasteiger partial charge >= 0.3 is 12.4 Å². The van der Waals surface area contributed by atoms with Gasteiger partial charge in [-0.15, -0.1) is 24.5 Å². The predicted octanol–water partition coefficient (Wildman–Crippen LogP) is 7.05. The number of anilines is 1. The summed E-state index contributed by atoms with van der Waals surface area (Å²) >= 11 is 7.23. The highest BCUT2D eigenvalue weighted by atomic mass is 35.5. The zero-order valence-corrected chi connectivity index (χ0v) is 25.4. The average molecular weight is 649 g/mol. The number of thiazole rings is 1. The van der Waals surface area contributed by atoms with Crippen LogP contribution >= 0.6 is 22.9 Å². The first-order chi connectivity index (χ1) is 21.0. The Bertz CT molecular complexity index is 1700. The molecule has 4 rings (SSSR count). The normalized spacial score (nSPS) is 11.7. The topological polar surface area (TPSA) is 103 Å². The number of alkyl halides is 3. The van der Waals surface area contributed by atoms with Gasteiger partial charge in [0.05, 0.1) is 25.5 Å². The van der Waals surface area contributed by atoms with Crippen LogP contribution in [0.25, 0.3) is 11.3 Å². The molecule has 3 amide bonds. The molecule has 0 aliphatic carbocycles. The first-order valence-corrected chi connectivity index (χ1v) is 14.4. The quantitative estimate of drug-likeness (QED) is 0.180. The molecule has 0 saturated heterocycles. The van der Waals surface area contributed by atoms with E-state index in [-0.39, 0.29) is 23.6 Å². The Balaban J connectivity index is 1.56. The second-order valence-corrected chi connectivity index (χ2v) is 10.6. The molecule has 1 heterocycles. The van der Waals surface area contributed by atoms with Crippen LogP contribution in [0.5, 0.6) is 17.2 Å². The number of hydrogen-bond donors (Lipinski definition) is 2. The lowest BCUT2D eigenvalue weighted by Gasteiger charge is -2.12. The third-order valence-corrected chi connectivity index (χ3v) is 7.57. The van der Waals surface area contributed by atoms with Crippen molar-refractivity contribution in [3.8, 4) is 28.5 Å². The molecule has 0 bridgehead atoms. The number of amides is 3. The molecule has 3 aromatic carbocycles. The van der Waals surface area contributed by atoms with E-state index in [1.807, 2.05) is 6.92 Å². The fourth-order valence-corrected chi connectivity index (χ4v) is 5.20. The van der Waals surface area contributed by atoms with Crippen LogP contribution in [0.2, 0.25) is 5.02 Å². The maximum Gasteiger partial charge on any atom is 0.573 e. The highest BCUT2D eigenvalue weighted by Gasteiger charge is 2.31. The third kappa shape index (κ3) is 8.54. The van der Waals surface area contributed by atoms with E-state index in [0.29, 0.717) is 45.5 Å². The van der Waals surface area contributed by atoms with Crippen LogP contribution in [0, 0.1) is 6.92 Å². The SMILES string of the molecule is COc1ccc(C(=O)/N=c2\scc(-c3ccc(OC(F)(F)F)cc3)n2CCCNC(=O)Nc2ccc(Cl)c(C)c2)c(OC)c1. The largest absolute Gasteiger partial charge is 0.573 e. The Labute approximate surface area is 259 Å². The van der Waals surface area contributed by atoms with E-state index in [9.17, 15) is 22.8 Å². The number of nitrogens with zero attached hydrogens (tertiary/aromatic N) is 2. The molecule has 2 N–H and O–H groups in total. The van der Waals surface area contributed by atoms with E-state index in [4.69, 9.17) is 21.1 Å². The Morgan fingerprint density at radius 1 is 1.00 bits per heavy atom. The molecule has 9 nitrogen and oxygen atoms in total. The maximum absolute atomic E-state index is 13.2. The standard InChI is InChI=1S/C30H28ClF3N4O5S/c1-18-15-20(7-12-24(18)31)36-28(40)35-13-4-14-38-25(19-5-8-21(9-6-19)43-30(32,33)34)17-44-29(38)37-27(39)23-11-10-22(41-2)16-26(23)42-3/h5-12,15-17H,4,13-14H2,1-3H3,(H2,35,36,40)/b37-29-. The Morgan fingerprint density at radius 2 is 1.73 bits per heavy atom. The number of urea groups is 1. The Hall–Kier alpha value is -4.49. The van der Waals surface area contributed by atoms with E-state index in [1.165, 1.54) is 49.8 Å². The second-order valence-electron chi connectivity index (χ2n) is 9.31. The summed E-state index contributed by atoms with van der Waals surface area (Å²) < 4.78 is 54.2. The van der Waals surface area contributed by atoms with Crippen LogP contribution in [0.15, 0.2) is 71.0 Å². The summed E-state index contributed by atoms with van der Waals surface area (Å²) in [5.41, 5.74) is 2.82. The summed E-state index contributed by atoms with van der Waals surface area (Å²) in [5.74, 6) is -0.127. The molecule has 232 valence electrons. The minimum Gasteiger partial charge on any atom is -0.497 e. The van der Waals surface area contributed by atoms with Gasteiger partial charge in [0.15, 0.2) is 4.80 Å². The average Bonchev–Trinajstić information content (AvgIpc) is 3.38. The van der Waals surface area contributed by atoms with Crippen LogP contribution < -0.4 is 29.6 Å². The van der Waals surface area contributed by atoms with Gasteiger partial charge in [0.1, 0.15) is 17.2 Å². The third-order valence-electron chi connectivity index (χ3n) is 6.28. The number of rotatable bonds is 10. The number of aryl methyl sites for hydroxylation is 1. The van der Waals surface area contributed by atoms with Crippen molar-refractivity contribution < 1.29 is 37.0 Å². The van der Waals surface area contributed by atoms with Crippen LogP contribution in [-0.4, -0.2) is 43.6 Å². The van der Waals surface area contributed by atoms with Gasteiger partial charge in [-0.05, 0) is 79.1 Å². The van der Waals surface area contributed by atoms with Crippen molar-refractivity contribution in [1.29, 1.82) is 0 Å². The first kappa shape index (κ1) is 32.4. The monoisotopic (exact) mass is 648 g/mol. The molecule has 0 unspecified atom stereocenters. The summed E-state index contributed by atoms with van der Waals surface area (Å²) in [6.07, 6.45) is -4.37. The molecule has 0 aliphatic rings. The Kier molecular flexibility index (Phi) is 10.6. The summed E-state index contributed by atoms with van der Waals surface area (Å²) in [5, 5.41) is 7.87. The highest BCUT2D eigenvalue weighted by Crippen LogP contribution is 2.28. The Morgan fingerprint density at radius 3 is 2.39 bits per heavy atom. The number of methoxy groups -OCH3 is 2. The zero-order valence-electron chi connectivity index (χ0n) is 23.8. The maximum atomic E-state index is 13.2. The van der Waals surface area contributed by atoms with E-state index in [0.717, 1.165) is 5.56 Å². The van der Waals surface area contributed by atoms with Crippen molar-refractivity contribution in [2.45, 2.75) is 26.3 Å². The van der Waals surface area contributed by atoms with Gasteiger partial charge in [-0.25, -0.2) is 4.79 Å². The zero-order chi connectivity index (χ0) is 31.9. The molecular weight excluding hydrogens is 621 g/mol. The van der Waals surface area contributed by atoms with Gasteiger partial charge in [-0.1, -0.05) is 11.6 Å². The number of nitrogens with one attached hydrogen (secondary N) is 2. The summed E-state index contributed by atoms with van der Waals surface area (Å²) in [4.78, 5) is 30.3. The molecule has 0 spiro atoms. The van der Waals surface area contributed by atoms with Gasteiger partial charge < -0.3 is 29.4 Å². The van der Waals surface area contributed by atoms with E-state index in [1.54, 1.807) is 46.3 Å². The molecular formula is C30H28ClF3N4O5S. The first-order valence-electron chi connectivity index (χ1n) is 13.1. The van der Waals surface area contributed by atoms with Crippen LogP contribution in [0.3, 0.4) is 0 Å². The van der Waals surface area contributed by atoms with Crippen molar-refractivity contribution in [2.24, 2.45) is 4.99 Å². The van der Waals surface area contributed by atoms with Crippen LogP contribution in [0.1, 0.15) is 22.3 Å². The molecule has 0 saturated carbocycles. The summed E-state index contributed by atoms with van der Waals surface area (Å²) in [6, 6.07) is 14.8. The minimum absolute atomic E-state index is 0.222. The molecule has 14 heteroatoms. The van der Waals surface area contributed by atoms with E-state index >= 15 is 0 Å². The molecule has 0 fully saturated rings. The van der Waals surface area contributed by atoms with Crippen LogP contribution in [-0.2, 0) is 6.54 Å². The van der Waals surface area contributed by atoms with E-state index < -0.39 is 18.3 Å². The smallest absolute Gasteiger partial charge is 0.497 e. The second kappa shape index (κ2) is 14.3. The van der Waals surface area contributed by atoms with Gasteiger partial charge in [0, 0.05) is 35.2 Å². The predicted molar refractivity (Wildman–Crippen MR) is 162 cm³/mol. The number of aromatic nitrogens is 1. The molecule has 0 radical (unpaired) electrons. The molecule has 0 aliphatic heterocycles. The van der Waals surface area contributed by atoms with Gasteiger partial charge in [-0.3, -0.25) is 4.79 Å². The molecule has 4 aromatic rings. The fraction of sp³-hybridized carbons (Fsp3) is 0.233.